The molecule has 0 radical (unpaired) electrons. The van der Waals surface area contributed by atoms with Crippen LogP contribution in [0.3, 0.4) is 0 Å². The van der Waals surface area contributed by atoms with Gasteiger partial charge in [0.15, 0.2) is 0 Å². The highest BCUT2D eigenvalue weighted by Crippen LogP contribution is 2.27. The normalized spacial score (nSPS) is 15.1. The van der Waals surface area contributed by atoms with Gasteiger partial charge in [0.05, 0.1) is 12.3 Å². The van der Waals surface area contributed by atoms with Gasteiger partial charge in [-0.15, -0.1) is 0 Å². The second-order valence-electron chi connectivity index (χ2n) is 5.30. The van der Waals surface area contributed by atoms with Crippen LogP contribution in [0.2, 0.25) is 0 Å². The smallest absolute Gasteiger partial charge is 0.122 e. The molecule has 0 saturated carbocycles. The molecule has 0 fully saturated rings. The van der Waals surface area contributed by atoms with Crippen molar-refractivity contribution in [2.75, 3.05) is 13.1 Å². The van der Waals surface area contributed by atoms with Crippen molar-refractivity contribution in [2.24, 2.45) is 11.7 Å². The molecular weight excluding hydrogens is 236 g/mol. The van der Waals surface area contributed by atoms with Crippen molar-refractivity contribution < 1.29 is 4.42 Å². The summed E-state index contributed by atoms with van der Waals surface area (Å²) in [6, 6.07) is 4.33. The Labute approximate surface area is 118 Å². The van der Waals surface area contributed by atoms with Crippen LogP contribution in [0.4, 0.5) is 0 Å². The first-order valence-corrected chi connectivity index (χ1v) is 7.70. The lowest BCUT2D eigenvalue weighted by Gasteiger charge is -2.35. The molecule has 2 N–H and O–H groups in total. The van der Waals surface area contributed by atoms with Crippen molar-refractivity contribution in [3.8, 4) is 0 Å². The van der Waals surface area contributed by atoms with E-state index in [1.54, 1.807) is 6.26 Å². The molecule has 3 heteroatoms. The zero-order valence-electron chi connectivity index (χ0n) is 12.9. The molecule has 0 bridgehead atoms. The topological polar surface area (TPSA) is 42.4 Å². The summed E-state index contributed by atoms with van der Waals surface area (Å²) in [5.74, 6) is 1.74. The summed E-state index contributed by atoms with van der Waals surface area (Å²) in [4.78, 5) is 2.48. The lowest BCUT2D eigenvalue weighted by molar-refractivity contribution is 0.129. The summed E-state index contributed by atoms with van der Waals surface area (Å²) in [5.41, 5.74) is 6.34. The van der Waals surface area contributed by atoms with Crippen LogP contribution in [-0.2, 0) is 0 Å². The molecule has 0 aliphatic rings. The van der Waals surface area contributed by atoms with E-state index in [0.717, 1.165) is 31.2 Å². The molecular formula is C16H30N2O. The highest BCUT2D eigenvalue weighted by Gasteiger charge is 2.28. The second kappa shape index (κ2) is 8.39. The first-order chi connectivity index (χ1) is 9.17. The number of furan rings is 1. The first-order valence-electron chi connectivity index (χ1n) is 7.70. The van der Waals surface area contributed by atoms with Crippen LogP contribution in [0.1, 0.15) is 58.8 Å². The third kappa shape index (κ3) is 4.36. The van der Waals surface area contributed by atoms with Gasteiger partial charge < -0.3 is 10.2 Å². The maximum atomic E-state index is 6.34. The molecule has 2 atom stereocenters. The zero-order chi connectivity index (χ0) is 14.3. The number of likely N-dealkylation sites (N-methyl/N-ethyl adjacent to an activating group) is 1. The molecule has 0 saturated heterocycles. The van der Waals surface area contributed by atoms with Gasteiger partial charge in [-0.25, -0.2) is 0 Å². The molecule has 2 unspecified atom stereocenters. The molecule has 0 spiro atoms. The third-order valence-corrected chi connectivity index (χ3v) is 4.16. The van der Waals surface area contributed by atoms with Crippen LogP contribution >= 0.6 is 0 Å². The Balaban J connectivity index is 2.87. The number of rotatable bonds is 9. The largest absolute Gasteiger partial charge is 0.468 e. The molecule has 3 nitrogen and oxygen atoms in total. The Morgan fingerprint density at radius 1 is 1.16 bits per heavy atom. The monoisotopic (exact) mass is 266 g/mol. The van der Waals surface area contributed by atoms with Crippen LogP contribution in [0, 0.1) is 5.92 Å². The molecule has 0 aliphatic heterocycles. The Bertz CT molecular complexity index is 319. The van der Waals surface area contributed by atoms with E-state index in [9.17, 15) is 0 Å². The number of nitrogens with two attached hydrogens (primary N) is 1. The highest BCUT2D eigenvalue weighted by atomic mass is 16.3. The van der Waals surface area contributed by atoms with Crippen molar-refractivity contribution in [1.82, 2.24) is 4.90 Å². The van der Waals surface area contributed by atoms with Gasteiger partial charge in [0.1, 0.15) is 5.76 Å². The van der Waals surface area contributed by atoms with E-state index in [0.29, 0.717) is 0 Å². The standard InChI is InChI=1S/C16H30N2O/c1-5-13(6-2)12-18(8-4)16(14(17)7-3)15-10-9-11-19-15/h9-11,13-14,16H,5-8,12,17H2,1-4H3. The average molecular weight is 266 g/mol. The summed E-state index contributed by atoms with van der Waals surface area (Å²) in [6.45, 7) is 11.0. The fraction of sp³-hybridized carbons (Fsp3) is 0.750. The quantitative estimate of drug-likeness (QED) is 0.739. The summed E-state index contributed by atoms with van der Waals surface area (Å²) in [6.07, 6.45) is 5.15. The summed E-state index contributed by atoms with van der Waals surface area (Å²) in [7, 11) is 0. The van der Waals surface area contributed by atoms with Crippen molar-refractivity contribution in [3.63, 3.8) is 0 Å². The molecule has 1 aromatic rings. The molecule has 0 amide bonds. The number of nitrogens with zero attached hydrogens (tertiary/aromatic N) is 1. The van der Waals surface area contributed by atoms with E-state index in [-0.39, 0.29) is 12.1 Å². The fourth-order valence-electron chi connectivity index (χ4n) is 2.66. The molecule has 1 heterocycles. The summed E-state index contributed by atoms with van der Waals surface area (Å²) >= 11 is 0. The predicted octanol–water partition coefficient (Wildman–Crippen LogP) is 3.82. The molecule has 1 rings (SSSR count). The fourth-order valence-corrected chi connectivity index (χ4v) is 2.66. The van der Waals surface area contributed by atoms with E-state index < -0.39 is 0 Å². The highest BCUT2D eigenvalue weighted by molar-refractivity contribution is 5.08. The maximum absolute atomic E-state index is 6.34. The van der Waals surface area contributed by atoms with Gasteiger partial charge in [-0.1, -0.05) is 40.5 Å². The van der Waals surface area contributed by atoms with Gasteiger partial charge in [-0.2, -0.15) is 0 Å². The van der Waals surface area contributed by atoms with Gasteiger partial charge in [-0.3, -0.25) is 4.90 Å². The van der Waals surface area contributed by atoms with Crippen LogP contribution in [0.5, 0.6) is 0 Å². The Kier molecular flexibility index (Phi) is 7.17. The van der Waals surface area contributed by atoms with Gasteiger partial charge >= 0.3 is 0 Å². The van der Waals surface area contributed by atoms with E-state index in [2.05, 4.69) is 38.7 Å². The van der Waals surface area contributed by atoms with Gasteiger partial charge in [0.25, 0.3) is 0 Å². The average Bonchev–Trinajstić information content (AvgIpc) is 2.96. The molecule has 19 heavy (non-hydrogen) atoms. The molecule has 0 aliphatic carbocycles. The Hall–Kier alpha value is -0.800. The predicted molar refractivity (Wildman–Crippen MR) is 81.0 cm³/mol. The van der Waals surface area contributed by atoms with E-state index >= 15 is 0 Å². The third-order valence-electron chi connectivity index (χ3n) is 4.16. The van der Waals surface area contributed by atoms with Crippen LogP contribution in [0.25, 0.3) is 0 Å². The van der Waals surface area contributed by atoms with Crippen LogP contribution < -0.4 is 5.73 Å². The van der Waals surface area contributed by atoms with Gasteiger partial charge in [0, 0.05) is 12.6 Å². The molecule has 110 valence electrons. The minimum Gasteiger partial charge on any atom is -0.468 e. The lowest BCUT2D eigenvalue weighted by Crippen LogP contribution is -2.42. The van der Waals surface area contributed by atoms with Crippen LogP contribution in [0.15, 0.2) is 22.8 Å². The van der Waals surface area contributed by atoms with E-state index in [4.69, 9.17) is 10.2 Å². The summed E-state index contributed by atoms with van der Waals surface area (Å²) < 4.78 is 5.63. The van der Waals surface area contributed by atoms with Gasteiger partial charge in [0.2, 0.25) is 0 Å². The zero-order valence-corrected chi connectivity index (χ0v) is 12.9. The van der Waals surface area contributed by atoms with Crippen molar-refractivity contribution >= 4 is 0 Å². The Morgan fingerprint density at radius 2 is 1.84 bits per heavy atom. The lowest BCUT2D eigenvalue weighted by atomic mass is 9.97. The number of hydrogen-bond acceptors (Lipinski definition) is 3. The van der Waals surface area contributed by atoms with Gasteiger partial charge in [-0.05, 0) is 31.0 Å². The van der Waals surface area contributed by atoms with Crippen molar-refractivity contribution in [1.29, 1.82) is 0 Å². The molecule has 0 aromatic carbocycles. The summed E-state index contributed by atoms with van der Waals surface area (Å²) in [5, 5.41) is 0. The van der Waals surface area contributed by atoms with E-state index in [1.807, 2.05) is 6.07 Å². The minimum atomic E-state index is 0.125. The molecule has 1 aromatic heterocycles. The van der Waals surface area contributed by atoms with Crippen molar-refractivity contribution in [2.45, 2.75) is 59.0 Å². The number of hydrogen-bond donors (Lipinski definition) is 1. The van der Waals surface area contributed by atoms with Crippen molar-refractivity contribution in [3.05, 3.63) is 24.2 Å². The SMILES string of the molecule is CCC(CC)CN(CC)C(c1ccco1)C(N)CC. The van der Waals surface area contributed by atoms with Crippen LogP contribution in [-0.4, -0.2) is 24.0 Å². The minimum absolute atomic E-state index is 0.125. The first kappa shape index (κ1) is 16.3. The maximum Gasteiger partial charge on any atom is 0.122 e. The Morgan fingerprint density at radius 3 is 2.26 bits per heavy atom. The van der Waals surface area contributed by atoms with E-state index in [1.165, 1.54) is 12.8 Å². The second-order valence-corrected chi connectivity index (χ2v) is 5.30.